The molecule has 7 heteroatoms. The molecule has 0 unspecified atom stereocenters. The third-order valence-electron chi connectivity index (χ3n) is 12.7. The molecule has 0 amide bonds. The molecular formula is C57H76O2S5. The lowest BCUT2D eigenvalue weighted by atomic mass is 10.0. The van der Waals surface area contributed by atoms with E-state index in [2.05, 4.69) is 93.0 Å². The number of aryl methyl sites for hydroxylation is 5. The van der Waals surface area contributed by atoms with Crippen molar-refractivity contribution in [2.75, 3.05) is 0 Å². The summed E-state index contributed by atoms with van der Waals surface area (Å²) in [7, 11) is 0. The lowest BCUT2D eigenvalue weighted by Crippen LogP contribution is -1.94. The Bertz CT molecular complexity index is 2270. The summed E-state index contributed by atoms with van der Waals surface area (Å²) < 4.78 is 0. The fourth-order valence-corrected chi connectivity index (χ4v) is 15.3. The van der Waals surface area contributed by atoms with Gasteiger partial charge < -0.3 is 5.11 Å². The van der Waals surface area contributed by atoms with Crippen LogP contribution in [0.4, 0.5) is 0 Å². The second kappa shape index (κ2) is 27.1. The van der Waals surface area contributed by atoms with E-state index in [1.165, 1.54) is 202 Å². The van der Waals surface area contributed by atoms with Gasteiger partial charge in [0.2, 0.25) is 0 Å². The van der Waals surface area contributed by atoms with Crippen LogP contribution in [0.1, 0.15) is 201 Å². The molecule has 0 fully saturated rings. The van der Waals surface area contributed by atoms with E-state index in [1.54, 1.807) is 23.3 Å². The van der Waals surface area contributed by atoms with E-state index >= 15 is 0 Å². The third-order valence-corrected chi connectivity index (χ3v) is 19.2. The van der Waals surface area contributed by atoms with Gasteiger partial charge in [-0.25, -0.2) is 4.79 Å². The van der Waals surface area contributed by atoms with Gasteiger partial charge in [-0.3, -0.25) is 0 Å². The van der Waals surface area contributed by atoms with Gasteiger partial charge >= 0.3 is 5.97 Å². The first-order valence-electron chi connectivity index (χ1n) is 25.3. The van der Waals surface area contributed by atoms with Crippen LogP contribution in [-0.2, 0) is 32.1 Å². The first-order chi connectivity index (χ1) is 31.4. The number of rotatable bonds is 31. The Morgan fingerprint density at radius 1 is 0.406 bits per heavy atom. The second-order valence-electron chi connectivity index (χ2n) is 18.1. The van der Waals surface area contributed by atoms with Crippen molar-refractivity contribution in [2.24, 2.45) is 0 Å². The number of benzene rings is 1. The maximum atomic E-state index is 11.7. The fourth-order valence-electron chi connectivity index (χ4n) is 8.90. The number of carbonyl (C=O) groups is 1. The van der Waals surface area contributed by atoms with Crippen molar-refractivity contribution in [3.63, 3.8) is 0 Å². The summed E-state index contributed by atoms with van der Waals surface area (Å²) >= 11 is 10.1. The largest absolute Gasteiger partial charge is 0.478 e. The molecule has 0 aliphatic carbocycles. The summed E-state index contributed by atoms with van der Waals surface area (Å²) in [6.07, 6.45) is 31.3. The van der Waals surface area contributed by atoms with Crippen molar-refractivity contribution in [3.05, 3.63) is 93.4 Å². The monoisotopic (exact) mass is 952 g/mol. The molecule has 1 N–H and O–H groups in total. The van der Waals surface area contributed by atoms with Crippen molar-refractivity contribution in [1.29, 1.82) is 0 Å². The molecule has 0 aliphatic heterocycles. The zero-order chi connectivity index (χ0) is 45.1. The molecule has 0 saturated heterocycles. The number of carboxylic acids is 1. The van der Waals surface area contributed by atoms with Gasteiger partial charge in [-0.05, 0) is 145 Å². The lowest BCUT2D eigenvalue weighted by Gasteiger charge is -2.02. The summed E-state index contributed by atoms with van der Waals surface area (Å²) in [5, 5.41) is 12.0. The number of hydrogen-bond donors (Lipinski definition) is 1. The van der Waals surface area contributed by atoms with Crippen LogP contribution in [0.15, 0.2) is 60.0 Å². The van der Waals surface area contributed by atoms with E-state index in [9.17, 15) is 9.90 Å². The summed E-state index contributed by atoms with van der Waals surface area (Å²) in [6.45, 7) is 11.5. The number of hydrogen-bond acceptors (Lipinski definition) is 6. The summed E-state index contributed by atoms with van der Waals surface area (Å²) in [5.41, 5.74) is 9.05. The van der Waals surface area contributed by atoms with E-state index in [1.807, 2.05) is 46.1 Å². The van der Waals surface area contributed by atoms with Crippen LogP contribution in [0.2, 0.25) is 0 Å². The average Bonchev–Trinajstić information content (AvgIpc) is 4.16. The Hall–Kier alpha value is -2.81. The Labute approximate surface area is 407 Å². The van der Waals surface area contributed by atoms with Gasteiger partial charge in [-0.1, -0.05) is 143 Å². The van der Waals surface area contributed by atoms with Crippen LogP contribution in [0.3, 0.4) is 0 Å². The SMILES string of the molecule is CCCCCCc1csc(-c2sc(-c3sc(-c4sc(-c5sc(-c6ccc(C(=O)O)cc6)cc5CCCCCC)cc4CCCCCC)cc3CCCCCC)cc2CCCCCC)c1. The fraction of sp³-hybridized carbons (Fsp3) is 0.526. The van der Waals surface area contributed by atoms with Gasteiger partial charge in [0, 0.05) is 43.9 Å². The van der Waals surface area contributed by atoms with E-state index in [4.69, 9.17) is 0 Å². The smallest absolute Gasteiger partial charge is 0.335 e. The van der Waals surface area contributed by atoms with E-state index in [-0.39, 0.29) is 0 Å². The van der Waals surface area contributed by atoms with Crippen molar-refractivity contribution >= 4 is 62.7 Å². The van der Waals surface area contributed by atoms with Gasteiger partial charge in [-0.15, -0.1) is 56.7 Å². The Morgan fingerprint density at radius 2 is 0.750 bits per heavy atom. The summed E-state index contributed by atoms with van der Waals surface area (Å²) in [6, 6.07) is 20.2. The normalized spacial score (nSPS) is 11.6. The molecule has 0 radical (unpaired) electrons. The first kappa shape index (κ1) is 50.6. The van der Waals surface area contributed by atoms with E-state index < -0.39 is 5.97 Å². The number of carboxylic acid groups (broad SMARTS) is 1. The molecule has 5 heterocycles. The molecule has 0 aliphatic rings. The summed E-state index contributed by atoms with van der Waals surface area (Å²) in [5.74, 6) is -0.875. The van der Waals surface area contributed by atoms with Gasteiger partial charge in [0.05, 0.1) is 5.56 Å². The predicted molar refractivity (Wildman–Crippen MR) is 289 cm³/mol. The maximum absolute atomic E-state index is 11.7. The molecule has 0 spiro atoms. The van der Waals surface area contributed by atoms with Crippen LogP contribution in [0.25, 0.3) is 49.5 Å². The molecule has 2 nitrogen and oxygen atoms in total. The Morgan fingerprint density at radius 3 is 1.12 bits per heavy atom. The molecular weight excluding hydrogens is 877 g/mol. The number of aromatic carboxylic acids is 1. The van der Waals surface area contributed by atoms with Crippen LogP contribution < -0.4 is 0 Å². The first-order valence-corrected chi connectivity index (χ1v) is 29.4. The summed E-state index contributed by atoms with van der Waals surface area (Å²) in [4.78, 5) is 24.7. The quantitative estimate of drug-likeness (QED) is 0.0441. The molecule has 0 atom stereocenters. The van der Waals surface area contributed by atoms with E-state index in [0.717, 1.165) is 24.8 Å². The number of unbranched alkanes of at least 4 members (excludes halogenated alkanes) is 15. The Balaban J connectivity index is 1.41. The van der Waals surface area contributed by atoms with Crippen molar-refractivity contribution in [3.8, 4) is 49.5 Å². The molecule has 346 valence electrons. The van der Waals surface area contributed by atoms with Crippen LogP contribution >= 0.6 is 56.7 Å². The highest BCUT2D eigenvalue weighted by Crippen LogP contribution is 2.51. The van der Waals surface area contributed by atoms with Crippen LogP contribution in [-0.4, -0.2) is 11.1 Å². The third kappa shape index (κ3) is 14.3. The molecule has 6 aromatic rings. The molecule has 5 aromatic heterocycles. The van der Waals surface area contributed by atoms with E-state index in [0.29, 0.717) is 5.56 Å². The van der Waals surface area contributed by atoms with Gasteiger partial charge in [0.25, 0.3) is 0 Å². The van der Waals surface area contributed by atoms with Crippen molar-refractivity contribution < 1.29 is 9.90 Å². The highest BCUT2D eigenvalue weighted by molar-refractivity contribution is 7.30. The van der Waals surface area contributed by atoms with Crippen molar-refractivity contribution in [1.82, 2.24) is 0 Å². The highest BCUT2D eigenvalue weighted by Gasteiger charge is 2.23. The topological polar surface area (TPSA) is 37.3 Å². The number of thiophene rings is 5. The zero-order valence-corrected chi connectivity index (χ0v) is 43.9. The molecule has 6 rings (SSSR count). The minimum Gasteiger partial charge on any atom is -0.478 e. The molecule has 0 bridgehead atoms. The van der Waals surface area contributed by atoms with Crippen LogP contribution in [0.5, 0.6) is 0 Å². The van der Waals surface area contributed by atoms with Gasteiger partial charge in [0.1, 0.15) is 0 Å². The van der Waals surface area contributed by atoms with Gasteiger partial charge in [0.15, 0.2) is 0 Å². The molecule has 0 saturated carbocycles. The second-order valence-corrected chi connectivity index (χ2v) is 23.2. The van der Waals surface area contributed by atoms with Gasteiger partial charge in [-0.2, -0.15) is 0 Å². The minimum atomic E-state index is -0.875. The zero-order valence-electron chi connectivity index (χ0n) is 39.8. The molecule has 1 aromatic carbocycles. The predicted octanol–water partition coefficient (Wildman–Crippen LogP) is 20.6. The average molecular weight is 954 g/mol. The van der Waals surface area contributed by atoms with Crippen molar-refractivity contribution in [2.45, 2.75) is 195 Å². The molecule has 64 heavy (non-hydrogen) atoms. The van der Waals surface area contributed by atoms with Crippen LogP contribution in [0, 0.1) is 0 Å². The standard InChI is InChI=1S/C57H76O2S5/c1-6-11-16-21-26-41-35-49(60-40-41)53-45(28-23-18-13-8-3)37-51(62-53)55-47(30-25-20-15-10-5)39-52(64-55)56-46(29-24-19-14-9-4)38-50(63-56)54-44(27-22-17-12-7-2)36-48(61-54)42-31-33-43(34-32-42)57(58)59/h31-40H,6-30H2,1-5H3,(H,58,59). The maximum Gasteiger partial charge on any atom is 0.335 e. The minimum absolute atomic E-state index is 0.340. The lowest BCUT2D eigenvalue weighted by molar-refractivity contribution is 0.0697. The Kier molecular flexibility index (Phi) is 21.4. The highest BCUT2D eigenvalue weighted by atomic mass is 32.1.